The van der Waals surface area contributed by atoms with Crippen LogP contribution >= 0.6 is 11.6 Å². The van der Waals surface area contributed by atoms with Gasteiger partial charge in [-0.1, -0.05) is 36.6 Å². The van der Waals surface area contributed by atoms with E-state index in [1.807, 2.05) is 6.07 Å². The number of methoxy groups -OCH3 is 1. The van der Waals surface area contributed by atoms with E-state index in [0.29, 0.717) is 11.7 Å². The Hall–Kier alpha value is -1.02. The summed E-state index contributed by atoms with van der Waals surface area (Å²) in [5.74, 6) is 3.49. The van der Waals surface area contributed by atoms with Crippen molar-refractivity contribution >= 4 is 11.6 Å². The smallest absolute Gasteiger partial charge is 0.165 e. The van der Waals surface area contributed by atoms with Crippen LogP contribution in [0.5, 0.6) is 5.75 Å². The van der Waals surface area contributed by atoms with Gasteiger partial charge in [0.05, 0.1) is 7.11 Å². The maximum Gasteiger partial charge on any atom is 0.165 e. The summed E-state index contributed by atoms with van der Waals surface area (Å²) in [5.41, 5.74) is 2.79. The van der Waals surface area contributed by atoms with E-state index in [4.69, 9.17) is 16.3 Å². The molecule has 26 heavy (non-hydrogen) atoms. The van der Waals surface area contributed by atoms with Crippen molar-refractivity contribution in [3.05, 3.63) is 41.2 Å². The van der Waals surface area contributed by atoms with Crippen LogP contribution in [0.4, 0.5) is 4.39 Å². The maximum atomic E-state index is 13.8. The van der Waals surface area contributed by atoms with Gasteiger partial charge in [-0.2, -0.15) is 0 Å². The average Bonchev–Trinajstić information content (AvgIpc) is 2.68. The first kappa shape index (κ1) is 19.7. The van der Waals surface area contributed by atoms with Crippen LogP contribution in [-0.4, -0.2) is 7.11 Å². The molecule has 0 bridgehead atoms. The quantitative estimate of drug-likeness (QED) is 0.511. The predicted molar refractivity (Wildman–Crippen MR) is 107 cm³/mol. The van der Waals surface area contributed by atoms with Crippen LogP contribution < -0.4 is 4.74 Å². The maximum absolute atomic E-state index is 13.8. The third-order valence-electron chi connectivity index (χ3n) is 6.78. The zero-order valence-corrected chi connectivity index (χ0v) is 16.7. The molecule has 0 atom stereocenters. The monoisotopic (exact) mass is 378 g/mol. The first-order valence-electron chi connectivity index (χ1n) is 10.3. The first-order chi connectivity index (χ1) is 12.7. The van der Waals surface area contributed by atoms with Crippen LogP contribution in [0.1, 0.15) is 63.4 Å². The Kier molecular flexibility index (Phi) is 7.42. The fourth-order valence-corrected chi connectivity index (χ4v) is 5.30. The van der Waals surface area contributed by atoms with E-state index >= 15 is 0 Å². The number of hydrogen-bond donors (Lipinski definition) is 0. The van der Waals surface area contributed by atoms with Crippen LogP contribution in [0, 0.1) is 29.5 Å². The van der Waals surface area contributed by atoms with Crippen LogP contribution in [0.25, 0.3) is 0 Å². The molecule has 1 aromatic rings. The molecule has 0 amide bonds. The summed E-state index contributed by atoms with van der Waals surface area (Å²) in [5, 5.41) is 0. The van der Waals surface area contributed by atoms with Crippen LogP contribution in [0.2, 0.25) is 0 Å². The van der Waals surface area contributed by atoms with Gasteiger partial charge in [0, 0.05) is 5.54 Å². The highest BCUT2D eigenvalue weighted by Crippen LogP contribution is 2.42. The van der Waals surface area contributed by atoms with Gasteiger partial charge in [0.2, 0.25) is 0 Å². The lowest BCUT2D eigenvalue weighted by atomic mass is 9.68. The molecule has 0 radical (unpaired) electrons. The van der Waals surface area contributed by atoms with Crippen molar-refractivity contribution in [2.45, 2.75) is 64.2 Å². The second-order valence-corrected chi connectivity index (χ2v) is 8.53. The SMILES string of the molecule is COc1ccc(CCC2CCC(C3CCC(C=CCl)CC3)CC2)cc1F. The van der Waals surface area contributed by atoms with Crippen LogP contribution in [-0.2, 0) is 6.42 Å². The second kappa shape index (κ2) is 9.78. The van der Waals surface area contributed by atoms with Crippen molar-refractivity contribution in [1.82, 2.24) is 0 Å². The Labute approximate surface area is 163 Å². The summed E-state index contributed by atoms with van der Waals surface area (Å²) in [6.45, 7) is 0. The lowest BCUT2D eigenvalue weighted by Crippen LogP contribution is -2.25. The normalized spacial score (nSPS) is 29.8. The van der Waals surface area contributed by atoms with E-state index in [2.05, 4.69) is 6.08 Å². The van der Waals surface area contributed by atoms with Gasteiger partial charge >= 0.3 is 0 Å². The Balaban J connectivity index is 1.39. The minimum Gasteiger partial charge on any atom is -0.494 e. The Morgan fingerprint density at radius 1 is 1.04 bits per heavy atom. The highest BCUT2D eigenvalue weighted by Gasteiger charge is 2.30. The highest BCUT2D eigenvalue weighted by atomic mass is 35.5. The van der Waals surface area contributed by atoms with Crippen LogP contribution in [0.3, 0.4) is 0 Å². The van der Waals surface area contributed by atoms with Crippen molar-refractivity contribution in [2.75, 3.05) is 7.11 Å². The average molecular weight is 379 g/mol. The fraction of sp³-hybridized carbons (Fsp3) is 0.652. The van der Waals surface area contributed by atoms with Crippen molar-refractivity contribution in [1.29, 1.82) is 0 Å². The number of allylic oxidation sites excluding steroid dienone is 1. The minimum absolute atomic E-state index is 0.242. The molecule has 1 nitrogen and oxygen atoms in total. The van der Waals surface area contributed by atoms with Gasteiger partial charge in [-0.25, -0.2) is 4.39 Å². The van der Waals surface area contributed by atoms with E-state index in [1.165, 1.54) is 64.9 Å². The van der Waals surface area contributed by atoms with Crippen molar-refractivity contribution in [3.63, 3.8) is 0 Å². The molecule has 2 aliphatic rings. The molecule has 0 saturated heterocycles. The third kappa shape index (κ3) is 5.25. The molecule has 0 heterocycles. The molecule has 0 N–H and O–H groups in total. The van der Waals surface area contributed by atoms with Gasteiger partial charge in [-0.05, 0) is 92.7 Å². The number of halogens is 2. The second-order valence-electron chi connectivity index (χ2n) is 8.28. The molecule has 0 aromatic heterocycles. The number of hydrogen-bond acceptors (Lipinski definition) is 1. The molecule has 144 valence electrons. The molecule has 3 rings (SSSR count). The standard InChI is InChI=1S/C23H32ClFO/c1-26-23-13-8-19(16-22(23)25)3-2-17-4-9-20(10-5-17)21-11-6-18(7-12-21)14-15-24/h8,13-18,20-21H,2-7,9-12H2,1H3. The van der Waals surface area contributed by atoms with Crippen LogP contribution in [0.15, 0.2) is 29.8 Å². The fourth-order valence-electron chi connectivity index (χ4n) is 5.10. The zero-order valence-electron chi connectivity index (χ0n) is 15.9. The Morgan fingerprint density at radius 2 is 1.69 bits per heavy atom. The predicted octanol–water partition coefficient (Wildman–Crippen LogP) is 7.13. The summed E-state index contributed by atoms with van der Waals surface area (Å²) in [4.78, 5) is 0. The molecule has 3 heteroatoms. The van der Waals surface area contributed by atoms with Crippen molar-refractivity contribution in [2.24, 2.45) is 23.7 Å². The molecule has 1 aromatic carbocycles. The van der Waals surface area contributed by atoms with Crippen molar-refractivity contribution < 1.29 is 9.13 Å². The molecular formula is C23H32ClFO. The number of rotatable bonds is 6. The van der Waals surface area contributed by atoms with Gasteiger partial charge in [-0.15, -0.1) is 0 Å². The summed E-state index contributed by atoms with van der Waals surface area (Å²) in [6, 6.07) is 5.39. The Morgan fingerprint density at radius 3 is 2.27 bits per heavy atom. The molecule has 0 aliphatic heterocycles. The number of aryl methyl sites for hydroxylation is 1. The van der Waals surface area contributed by atoms with E-state index < -0.39 is 0 Å². The Bertz CT molecular complexity index is 584. The molecular weight excluding hydrogens is 347 g/mol. The minimum atomic E-state index is -0.242. The van der Waals surface area contributed by atoms with E-state index in [0.717, 1.165) is 29.7 Å². The summed E-state index contributed by atoms with van der Waals surface area (Å²) >= 11 is 5.73. The van der Waals surface area contributed by atoms with Crippen molar-refractivity contribution in [3.8, 4) is 5.75 Å². The summed E-state index contributed by atoms with van der Waals surface area (Å²) in [6.07, 6.45) is 15.2. The molecule has 2 fully saturated rings. The van der Waals surface area contributed by atoms with Gasteiger partial charge in [0.25, 0.3) is 0 Å². The number of benzene rings is 1. The topological polar surface area (TPSA) is 9.23 Å². The summed E-state index contributed by atoms with van der Waals surface area (Å²) in [7, 11) is 1.51. The zero-order chi connectivity index (χ0) is 18.4. The molecule has 0 unspecified atom stereocenters. The highest BCUT2D eigenvalue weighted by molar-refractivity contribution is 6.25. The van der Waals surface area contributed by atoms with Gasteiger partial charge in [0.1, 0.15) is 0 Å². The molecule has 2 saturated carbocycles. The number of ether oxygens (including phenoxy) is 1. The third-order valence-corrected chi connectivity index (χ3v) is 6.92. The van der Waals surface area contributed by atoms with E-state index in [-0.39, 0.29) is 5.82 Å². The molecule has 0 spiro atoms. The van der Waals surface area contributed by atoms with E-state index in [9.17, 15) is 4.39 Å². The summed E-state index contributed by atoms with van der Waals surface area (Å²) < 4.78 is 18.8. The molecule has 2 aliphatic carbocycles. The first-order valence-corrected chi connectivity index (χ1v) is 10.7. The van der Waals surface area contributed by atoms with Gasteiger partial charge in [-0.3, -0.25) is 0 Å². The van der Waals surface area contributed by atoms with Gasteiger partial charge < -0.3 is 4.74 Å². The van der Waals surface area contributed by atoms with Gasteiger partial charge in [0.15, 0.2) is 11.6 Å². The lowest BCUT2D eigenvalue weighted by molar-refractivity contribution is 0.153. The lowest BCUT2D eigenvalue weighted by Gasteiger charge is -2.37. The largest absolute Gasteiger partial charge is 0.494 e. The van der Waals surface area contributed by atoms with E-state index in [1.54, 1.807) is 17.7 Å².